The summed E-state index contributed by atoms with van der Waals surface area (Å²) >= 11 is 5.84. The van der Waals surface area contributed by atoms with Crippen LogP contribution in [0, 0.1) is 6.92 Å². The van der Waals surface area contributed by atoms with Gasteiger partial charge in [-0.25, -0.2) is 9.67 Å². The van der Waals surface area contributed by atoms with E-state index in [1.54, 1.807) is 6.92 Å². The zero-order valence-electron chi connectivity index (χ0n) is 13.8. The molecule has 140 valence electrons. The summed E-state index contributed by atoms with van der Waals surface area (Å²) in [5.74, 6) is -0.601. The monoisotopic (exact) mass is 396 g/mol. The Labute approximate surface area is 156 Å². The number of carbonyl (C=O) groups excluding carboxylic acids is 1. The van der Waals surface area contributed by atoms with Crippen LogP contribution in [-0.4, -0.2) is 25.8 Å². The molecule has 6 nitrogen and oxygen atoms in total. The molecule has 10 heteroatoms. The Morgan fingerprint density at radius 1 is 1.22 bits per heavy atom. The van der Waals surface area contributed by atoms with E-state index in [2.05, 4.69) is 15.4 Å². The van der Waals surface area contributed by atoms with Crippen molar-refractivity contribution in [1.82, 2.24) is 14.8 Å². The summed E-state index contributed by atoms with van der Waals surface area (Å²) in [7, 11) is 0. The summed E-state index contributed by atoms with van der Waals surface area (Å²) in [5.41, 5.74) is -0.241. The number of benzene rings is 1. The number of hydrogen-bond donors (Lipinski definition) is 2. The molecule has 2 heterocycles. The molecular weight excluding hydrogens is 385 g/mol. The number of phenolic OH excluding ortho intramolecular Hbond substituents is 1. The Kier molecular flexibility index (Phi) is 4.79. The molecule has 2 N–H and O–H groups in total. The first-order valence-electron chi connectivity index (χ1n) is 7.55. The van der Waals surface area contributed by atoms with Gasteiger partial charge in [0.05, 0.1) is 28.7 Å². The quantitative estimate of drug-likeness (QED) is 0.650. The van der Waals surface area contributed by atoms with Crippen molar-refractivity contribution in [3.05, 3.63) is 64.6 Å². The van der Waals surface area contributed by atoms with Gasteiger partial charge in [-0.05, 0) is 37.3 Å². The van der Waals surface area contributed by atoms with Gasteiger partial charge >= 0.3 is 6.18 Å². The van der Waals surface area contributed by atoms with E-state index in [9.17, 15) is 23.1 Å². The lowest BCUT2D eigenvalue weighted by Crippen LogP contribution is -2.13. The number of nitrogens with one attached hydrogen (secondary N) is 1. The first-order chi connectivity index (χ1) is 12.7. The number of carbonyl (C=O) groups is 1. The molecule has 0 bridgehead atoms. The largest absolute Gasteiger partial charge is 0.506 e. The van der Waals surface area contributed by atoms with E-state index >= 15 is 0 Å². The van der Waals surface area contributed by atoms with Crippen LogP contribution in [0.2, 0.25) is 5.02 Å². The summed E-state index contributed by atoms with van der Waals surface area (Å²) in [6.45, 7) is 1.57. The number of phenols is 1. The van der Waals surface area contributed by atoms with Crippen LogP contribution in [0.3, 0.4) is 0 Å². The number of halogens is 4. The Bertz CT molecular complexity index is 1000. The van der Waals surface area contributed by atoms with E-state index in [0.717, 1.165) is 12.1 Å². The Hall–Kier alpha value is -3.07. The van der Waals surface area contributed by atoms with E-state index in [1.807, 2.05) is 0 Å². The van der Waals surface area contributed by atoms with Crippen molar-refractivity contribution in [2.45, 2.75) is 13.1 Å². The highest BCUT2D eigenvalue weighted by molar-refractivity contribution is 6.31. The molecule has 2 aromatic heterocycles. The van der Waals surface area contributed by atoms with Gasteiger partial charge in [-0.15, -0.1) is 0 Å². The van der Waals surface area contributed by atoms with Gasteiger partial charge in [0, 0.05) is 11.2 Å². The topological polar surface area (TPSA) is 80.0 Å². The Morgan fingerprint density at radius 3 is 2.59 bits per heavy atom. The van der Waals surface area contributed by atoms with Crippen molar-refractivity contribution in [2.75, 3.05) is 5.32 Å². The van der Waals surface area contributed by atoms with E-state index in [1.165, 1.54) is 29.1 Å². The fraction of sp³-hybridized carbons (Fsp3) is 0.118. The summed E-state index contributed by atoms with van der Waals surface area (Å²) in [6, 6.07) is 6.22. The zero-order chi connectivity index (χ0) is 19.8. The lowest BCUT2D eigenvalue weighted by molar-refractivity contribution is -0.137. The lowest BCUT2D eigenvalue weighted by atomic mass is 10.2. The molecule has 0 fully saturated rings. The molecule has 0 saturated heterocycles. The van der Waals surface area contributed by atoms with Crippen LogP contribution in [0.25, 0.3) is 5.82 Å². The van der Waals surface area contributed by atoms with Gasteiger partial charge in [-0.3, -0.25) is 4.79 Å². The van der Waals surface area contributed by atoms with E-state index in [4.69, 9.17) is 11.6 Å². The third kappa shape index (κ3) is 3.87. The van der Waals surface area contributed by atoms with Crippen molar-refractivity contribution in [1.29, 1.82) is 0 Å². The van der Waals surface area contributed by atoms with Gasteiger partial charge in [0.25, 0.3) is 5.91 Å². The van der Waals surface area contributed by atoms with E-state index < -0.39 is 17.6 Å². The maximum atomic E-state index is 12.6. The number of anilines is 1. The Morgan fingerprint density at radius 2 is 1.96 bits per heavy atom. The predicted molar refractivity (Wildman–Crippen MR) is 92.2 cm³/mol. The van der Waals surface area contributed by atoms with Crippen LogP contribution in [0.1, 0.15) is 21.6 Å². The predicted octanol–water partition coefficient (Wildman–Crippen LogP) is 4.21. The standard InChI is InChI=1S/C17H12ClF3N4O2/c1-9-12(16(27)24-13-6-11(18)3-4-14(13)26)8-23-25(9)15-5-2-10(7-22-15)17(19,20)21/h2-8,26H,1H3,(H,24,27). The second kappa shape index (κ2) is 6.92. The van der Waals surface area contributed by atoms with Crippen LogP contribution in [0.4, 0.5) is 18.9 Å². The van der Waals surface area contributed by atoms with Gasteiger partial charge in [-0.2, -0.15) is 18.3 Å². The fourth-order valence-corrected chi connectivity index (χ4v) is 2.51. The molecule has 27 heavy (non-hydrogen) atoms. The molecule has 1 amide bonds. The zero-order valence-corrected chi connectivity index (χ0v) is 14.5. The van der Waals surface area contributed by atoms with E-state index in [-0.39, 0.29) is 22.8 Å². The van der Waals surface area contributed by atoms with Crippen molar-refractivity contribution >= 4 is 23.2 Å². The molecule has 0 aliphatic rings. The maximum absolute atomic E-state index is 12.6. The van der Waals surface area contributed by atoms with Gasteiger partial charge in [0.15, 0.2) is 5.82 Å². The van der Waals surface area contributed by atoms with Gasteiger partial charge in [-0.1, -0.05) is 11.6 Å². The second-order valence-corrected chi connectivity index (χ2v) is 6.01. The van der Waals surface area contributed by atoms with Crippen LogP contribution in [-0.2, 0) is 6.18 Å². The lowest BCUT2D eigenvalue weighted by Gasteiger charge is -2.09. The van der Waals surface area contributed by atoms with E-state index in [0.29, 0.717) is 16.9 Å². The first-order valence-corrected chi connectivity index (χ1v) is 7.92. The highest BCUT2D eigenvalue weighted by atomic mass is 35.5. The molecule has 0 spiro atoms. The number of amides is 1. The number of pyridine rings is 1. The van der Waals surface area contributed by atoms with Crippen LogP contribution >= 0.6 is 11.6 Å². The summed E-state index contributed by atoms with van der Waals surface area (Å²) in [5, 5.41) is 16.6. The summed E-state index contributed by atoms with van der Waals surface area (Å²) in [4.78, 5) is 16.2. The minimum Gasteiger partial charge on any atom is -0.506 e. The molecule has 0 unspecified atom stereocenters. The molecule has 0 radical (unpaired) electrons. The summed E-state index contributed by atoms with van der Waals surface area (Å²) < 4.78 is 39.1. The number of aromatic hydroxyl groups is 1. The average Bonchev–Trinajstić information content (AvgIpc) is 2.99. The van der Waals surface area contributed by atoms with Crippen molar-refractivity contribution < 1.29 is 23.1 Å². The SMILES string of the molecule is Cc1c(C(=O)Nc2cc(Cl)ccc2O)cnn1-c1ccc(C(F)(F)F)cn1. The third-order valence-corrected chi connectivity index (χ3v) is 3.99. The summed E-state index contributed by atoms with van der Waals surface area (Å²) in [6.07, 6.45) is -2.54. The highest BCUT2D eigenvalue weighted by Crippen LogP contribution is 2.29. The minimum absolute atomic E-state index is 0.118. The molecule has 0 atom stereocenters. The normalized spacial score (nSPS) is 11.4. The van der Waals surface area contributed by atoms with Gasteiger partial charge < -0.3 is 10.4 Å². The van der Waals surface area contributed by atoms with Crippen LogP contribution in [0.15, 0.2) is 42.7 Å². The number of alkyl halides is 3. The second-order valence-electron chi connectivity index (χ2n) is 5.57. The molecular formula is C17H12ClF3N4O2. The van der Waals surface area contributed by atoms with Crippen molar-refractivity contribution in [2.24, 2.45) is 0 Å². The smallest absolute Gasteiger partial charge is 0.417 e. The van der Waals surface area contributed by atoms with Gasteiger partial charge in [0.1, 0.15) is 5.75 Å². The Balaban J connectivity index is 1.86. The fourth-order valence-electron chi connectivity index (χ4n) is 2.34. The van der Waals surface area contributed by atoms with Gasteiger partial charge in [0.2, 0.25) is 0 Å². The number of nitrogens with zero attached hydrogens (tertiary/aromatic N) is 3. The maximum Gasteiger partial charge on any atom is 0.417 e. The molecule has 0 aliphatic heterocycles. The van der Waals surface area contributed by atoms with Crippen LogP contribution in [0.5, 0.6) is 5.75 Å². The third-order valence-electron chi connectivity index (χ3n) is 3.75. The number of aromatic nitrogens is 3. The number of rotatable bonds is 3. The van der Waals surface area contributed by atoms with Crippen LogP contribution < -0.4 is 5.32 Å². The molecule has 3 rings (SSSR count). The first kappa shape index (κ1) is 18.7. The van der Waals surface area contributed by atoms with Crippen molar-refractivity contribution in [3.8, 4) is 11.6 Å². The number of hydrogen-bond acceptors (Lipinski definition) is 4. The molecule has 0 saturated carbocycles. The minimum atomic E-state index is -4.49. The molecule has 0 aliphatic carbocycles. The molecule has 1 aromatic carbocycles. The molecule has 3 aromatic rings. The van der Waals surface area contributed by atoms with Crippen molar-refractivity contribution in [3.63, 3.8) is 0 Å². The average molecular weight is 397 g/mol. The highest BCUT2D eigenvalue weighted by Gasteiger charge is 2.30.